The first-order valence-corrected chi connectivity index (χ1v) is 14.6. The lowest BCUT2D eigenvalue weighted by atomic mass is 10.2. The molecule has 0 aliphatic heterocycles. The lowest BCUT2D eigenvalue weighted by Gasteiger charge is -2.08. The van der Waals surface area contributed by atoms with E-state index in [1.54, 1.807) is 12.1 Å². The summed E-state index contributed by atoms with van der Waals surface area (Å²) in [6, 6.07) is 24.2. The maximum atomic E-state index is 13.4. The third kappa shape index (κ3) is 7.66. The van der Waals surface area contributed by atoms with Crippen LogP contribution in [0.4, 0.5) is 11.4 Å². The zero-order valence-electron chi connectivity index (χ0n) is 19.7. The topological polar surface area (TPSA) is 83.6 Å². The van der Waals surface area contributed by atoms with Crippen molar-refractivity contribution in [3.63, 3.8) is 0 Å². The first kappa shape index (κ1) is 27.3. The fourth-order valence-corrected chi connectivity index (χ4v) is 6.04. The summed E-state index contributed by atoms with van der Waals surface area (Å²) in [5.41, 5.74) is 2.90. The molecule has 0 saturated heterocycles. The largest absolute Gasteiger partial charge is 0.219 e. The highest BCUT2D eigenvalue weighted by atomic mass is 35.5. The van der Waals surface area contributed by atoms with Crippen molar-refractivity contribution in [1.29, 1.82) is 0 Å². The predicted octanol–water partition coefficient (Wildman–Crippen LogP) is 10.0. The van der Waals surface area contributed by atoms with Gasteiger partial charge in [0.05, 0.1) is 21.2 Å². The Morgan fingerprint density at radius 2 is 0.973 bits per heavy atom. The summed E-state index contributed by atoms with van der Waals surface area (Å²) in [6.45, 7) is 4.00. The summed E-state index contributed by atoms with van der Waals surface area (Å²) in [5.74, 6) is 0. The number of hydrogen-bond acceptors (Lipinski definition) is 8. The van der Waals surface area contributed by atoms with E-state index in [0.717, 1.165) is 20.9 Å². The molecule has 188 valence electrons. The molecule has 0 unspecified atom stereocenters. The highest BCUT2D eigenvalue weighted by Gasteiger charge is 2.21. The molecule has 0 N–H and O–H groups in total. The smallest absolute Gasteiger partial charge is 0.206 e. The van der Waals surface area contributed by atoms with Crippen LogP contribution in [0.3, 0.4) is 0 Å². The van der Waals surface area contributed by atoms with Crippen molar-refractivity contribution in [3.05, 3.63) is 106 Å². The van der Waals surface area contributed by atoms with E-state index in [-0.39, 0.29) is 19.8 Å². The lowest BCUT2D eigenvalue weighted by Crippen LogP contribution is -2.02. The van der Waals surface area contributed by atoms with Crippen LogP contribution >= 0.6 is 47.1 Å². The van der Waals surface area contributed by atoms with E-state index in [1.165, 1.54) is 48.2 Å². The van der Waals surface area contributed by atoms with Gasteiger partial charge in [0, 0.05) is 43.7 Å². The van der Waals surface area contributed by atoms with Gasteiger partial charge in [-0.15, -0.1) is 19.3 Å². The van der Waals surface area contributed by atoms with Gasteiger partial charge in [0.25, 0.3) is 0 Å². The Morgan fingerprint density at radius 3 is 1.35 bits per heavy atom. The molecule has 4 aromatic carbocycles. The number of sulfone groups is 1. The van der Waals surface area contributed by atoms with E-state index in [4.69, 9.17) is 23.2 Å². The zero-order valence-corrected chi connectivity index (χ0v) is 23.6. The molecule has 0 spiro atoms. The minimum absolute atomic E-state index is 0.0338. The van der Waals surface area contributed by atoms with Gasteiger partial charge in [0.1, 0.15) is 0 Å². The Hall–Kier alpha value is -2.69. The second kappa shape index (κ2) is 12.2. The van der Waals surface area contributed by atoms with E-state index in [9.17, 15) is 8.42 Å². The van der Waals surface area contributed by atoms with E-state index < -0.39 is 9.84 Å². The van der Waals surface area contributed by atoms with Crippen LogP contribution in [-0.4, -0.2) is 8.42 Å². The Morgan fingerprint density at radius 1 is 0.595 bits per heavy atom. The fraction of sp³-hybridized carbons (Fsp3) is 0.0769. The molecular formula is C26H20Cl2N4O2S3. The van der Waals surface area contributed by atoms with Gasteiger partial charge in [-0.3, -0.25) is 0 Å². The van der Waals surface area contributed by atoms with Crippen molar-refractivity contribution in [3.8, 4) is 0 Å². The van der Waals surface area contributed by atoms with Crippen molar-refractivity contribution < 1.29 is 8.42 Å². The number of nitrogens with zero attached hydrogens (tertiary/aromatic N) is 4. The Balaban J connectivity index is 1.55. The quantitative estimate of drug-likeness (QED) is 0.152. The molecule has 0 aromatic heterocycles. The molecule has 0 bridgehead atoms. The maximum Gasteiger partial charge on any atom is 0.206 e. The van der Waals surface area contributed by atoms with Crippen LogP contribution in [0.5, 0.6) is 0 Å². The van der Waals surface area contributed by atoms with Crippen LogP contribution in [0.1, 0.15) is 11.1 Å². The summed E-state index contributed by atoms with van der Waals surface area (Å²) in [4.78, 5) is 1.75. The summed E-state index contributed by atoms with van der Waals surface area (Å²) in [7, 11) is -3.98. The molecule has 0 fully saturated rings. The molecule has 0 atom stereocenters. The maximum absolute atomic E-state index is 13.4. The predicted molar refractivity (Wildman–Crippen MR) is 151 cm³/mol. The molecule has 4 aromatic rings. The second-order valence-electron chi connectivity index (χ2n) is 7.97. The third-order valence-corrected chi connectivity index (χ3v) is 8.42. The van der Waals surface area contributed by atoms with Gasteiger partial charge in [0.2, 0.25) is 9.84 Å². The van der Waals surface area contributed by atoms with Gasteiger partial charge in [-0.1, -0.05) is 58.6 Å². The molecule has 11 heteroatoms. The lowest BCUT2D eigenvalue weighted by molar-refractivity contribution is 0.596. The number of benzene rings is 4. The van der Waals surface area contributed by atoms with Gasteiger partial charge in [0.15, 0.2) is 0 Å². The summed E-state index contributed by atoms with van der Waals surface area (Å²) >= 11 is 14.8. The minimum atomic E-state index is -3.98. The van der Waals surface area contributed by atoms with Crippen LogP contribution in [0.2, 0.25) is 10.0 Å². The molecule has 4 rings (SSSR count). The molecular weight excluding hydrogens is 567 g/mol. The van der Waals surface area contributed by atoms with Crippen molar-refractivity contribution in [2.24, 2.45) is 19.3 Å². The summed E-state index contributed by atoms with van der Waals surface area (Å²) in [5, 5.41) is 8.71. The number of aryl methyl sites for hydroxylation is 2. The summed E-state index contributed by atoms with van der Waals surface area (Å²) in [6.07, 6.45) is 0. The van der Waals surface area contributed by atoms with Gasteiger partial charge >= 0.3 is 0 Å². The molecule has 0 amide bonds. The van der Waals surface area contributed by atoms with Crippen LogP contribution < -0.4 is 0 Å². The fourth-order valence-electron chi connectivity index (χ4n) is 3.09. The number of halogens is 2. The average Bonchev–Trinajstić information content (AvgIpc) is 2.86. The molecule has 37 heavy (non-hydrogen) atoms. The van der Waals surface area contributed by atoms with Crippen molar-refractivity contribution >= 4 is 68.3 Å². The van der Waals surface area contributed by atoms with Crippen molar-refractivity contribution in [2.45, 2.75) is 33.4 Å². The molecule has 0 saturated carbocycles. The van der Waals surface area contributed by atoms with Crippen LogP contribution in [-0.2, 0) is 9.84 Å². The Kier molecular flexibility index (Phi) is 9.04. The highest BCUT2D eigenvalue weighted by molar-refractivity contribution is 7.98. The third-order valence-electron chi connectivity index (χ3n) is 4.98. The molecule has 0 aliphatic rings. The standard InChI is InChI=1S/C26H20Cl2N4O2S3/c1-17-3-7-23(8-4-17)35-31-29-21-11-19(27)13-25(15-21)37(33,34)26-14-20(28)12-22(16-26)30-32-36-24-9-5-18(2)6-10-24/h3-16H,1-2H3. The van der Waals surface area contributed by atoms with Crippen LogP contribution in [0, 0.1) is 13.8 Å². The molecule has 0 heterocycles. The second-order valence-corrected chi connectivity index (χ2v) is 12.4. The zero-order chi connectivity index (χ0) is 26.4. The van der Waals surface area contributed by atoms with Crippen LogP contribution in [0.15, 0.2) is 124 Å². The van der Waals surface area contributed by atoms with Gasteiger partial charge in [-0.25, -0.2) is 8.42 Å². The first-order valence-electron chi connectivity index (χ1n) is 10.8. The Labute approximate surface area is 234 Å². The number of rotatable bonds is 8. The SMILES string of the molecule is Cc1ccc(SN=Nc2cc(Cl)cc(S(=O)(=O)c3cc(Cl)cc(N=NSc4ccc(C)cc4)c3)c2)cc1. The van der Waals surface area contributed by atoms with E-state index in [1.807, 2.05) is 62.4 Å². The molecule has 6 nitrogen and oxygen atoms in total. The van der Waals surface area contributed by atoms with E-state index in [2.05, 4.69) is 19.3 Å². The monoisotopic (exact) mass is 586 g/mol. The van der Waals surface area contributed by atoms with Crippen LogP contribution in [0.25, 0.3) is 0 Å². The van der Waals surface area contributed by atoms with Gasteiger partial charge in [-0.2, -0.15) is 0 Å². The molecule has 0 radical (unpaired) electrons. The highest BCUT2D eigenvalue weighted by Crippen LogP contribution is 2.33. The summed E-state index contributed by atoms with van der Waals surface area (Å²) < 4.78 is 35.1. The van der Waals surface area contributed by atoms with Crippen molar-refractivity contribution in [1.82, 2.24) is 0 Å². The number of hydrogen-bond donors (Lipinski definition) is 0. The average molecular weight is 588 g/mol. The van der Waals surface area contributed by atoms with E-state index >= 15 is 0 Å². The van der Waals surface area contributed by atoms with Gasteiger partial charge < -0.3 is 0 Å². The van der Waals surface area contributed by atoms with Crippen molar-refractivity contribution in [2.75, 3.05) is 0 Å². The minimum Gasteiger partial charge on any atom is -0.219 e. The Bertz CT molecular complexity index is 1460. The molecule has 0 aliphatic carbocycles. The van der Waals surface area contributed by atoms with Gasteiger partial charge in [-0.05, 0) is 74.5 Å². The van der Waals surface area contributed by atoms with E-state index in [0.29, 0.717) is 11.4 Å². The first-order chi connectivity index (χ1) is 17.7. The normalized spacial score (nSPS) is 12.0.